The standard InChI is InChI=1S/C30H34N6O5S/c1-6-35(7-2)23-14-13-20(24(37)17-23)18-31-32-27(38)19-42-30-34-33-29(36(30)22-11-9-8-10-12-22)21-15-25(39-3)28(41-5)26(16-21)40-4/h8-18,37H,6-7,19H2,1-5H3,(H,32,38). The number of rotatable bonds is 13. The molecule has 4 rings (SSSR count). The molecule has 1 amide bonds. The molecular formula is C30H34N6O5S. The quantitative estimate of drug-likeness (QED) is 0.129. The summed E-state index contributed by atoms with van der Waals surface area (Å²) in [5, 5.41) is 23.8. The summed E-state index contributed by atoms with van der Waals surface area (Å²) in [4.78, 5) is 14.8. The first-order valence-corrected chi connectivity index (χ1v) is 14.3. The monoisotopic (exact) mass is 590 g/mol. The first-order chi connectivity index (χ1) is 20.4. The van der Waals surface area contributed by atoms with Crippen LogP contribution < -0.4 is 24.5 Å². The number of hydrogen-bond acceptors (Lipinski definition) is 10. The van der Waals surface area contributed by atoms with E-state index in [2.05, 4.69) is 39.5 Å². The van der Waals surface area contributed by atoms with Crippen molar-refractivity contribution in [2.24, 2.45) is 5.10 Å². The van der Waals surface area contributed by atoms with Gasteiger partial charge in [0.15, 0.2) is 22.5 Å². The van der Waals surface area contributed by atoms with Crippen LogP contribution in [0.2, 0.25) is 0 Å². The smallest absolute Gasteiger partial charge is 0.250 e. The number of benzene rings is 3. The van der Waals surface area contributed by atoms with Crippen molar-refractivity contribution in [2.75, 3.05) is 45.1 Å². The fourth-order valence-corrected chi connectivity index (χ4v) is 5.08. The Morgan fingerprint density at radius 1 is 1.00 bits per heavy atom. The van der Waals surface area contributed by atoms with E-state index >= 15 is 0 Å². The summed E-state index contributed by atoms with van der Waals surface area (Å²) in [6.45, 7) is 5.78. The molecule has 0 atom stereocenters. The molecule has 2 N–H and O–H groups in total. The van der Waals surface area contributed by atoms with Gasteiger partial charge in [0.2, 0.25) is 5.75 Å². The van der Waals surface area contributed by atoms with Gasteiger partial charge in [0, 0.05) is 41.7 Å². The molecule has 12 heteroatoms. The molecule has 0 radical (unpaired) electrons. The van der Waals surface area contributed by atoms with Crippen molar-refractivity contribution < 1.29 is 24.1 Å². The van der Waals surface area contributed by atoms with Crippen LogP contribution >= 0.6 is 11.8 Å². The number of thioether (sulfide) groups is 1. The second kappa shape index (κ2) is 14.3. The highest BCUT2D eigenvalue weighted by molar-refractivity contribution is 7.99. The highest BCUT2D eigenvalue weighted by Crippen LogP contribution is 2.41. The molecular weight excluding hydrogens is 556 g/mol. The van der Waals surface area contributed by atoms with E-state index < -0.39 is 0 Å². The predicted molar refractivity (Wildman–Crippen MR) is 165 cm³/mol. The van der Waals surface area contributed by atoms with Gasteiger partial charge in [0.05, 0.1) is 33.3 Å². The Morgan fingerprint density at radius 3 is 2.29 bits per heavy atom. The van der Waals surface area contributed by atoms with Crippen LogP contribution in [0.3, 0.4) is 0 Å². The average molecular weight is 591 g/mol. The maximum atomic E-state index is 12.7. The van der Waals surface area contributed by atoms with Crippen molar-refractivity contribution in [2.45, 2.75) is 19.0 Å². The van der Waals surface area contributed by atoms with Gasteiger partial charge in [0.1, 0.15) is 5.75 Å². The summed E-state index contributed by atoms with van der Waals surface area (Å²) >= 11 is 1.21. The van der Waals surface area contributed by atoms with E-state index in [0.717, 1.165) is 24.5 Å². The third-order valence-electron chi connectivity index (χ3n) is 6.44. The van der Waals surface area contributed by atoms with Crippen LogP contribution in [0.5, 0.6) is 23.0 Å². The zero-order chi connectivity index (χ0) is 30.1. The first kappa shape index (κ1) is 30.3. The molecule has 11 nitrogen and oxygen atoms in total. The second-order valence-corrected chi connectivity index (χ2v) is 9.83. The average Bonchev–Trinajstić information content (AvgIpc) is 3.45. The molecule has 1 heterocycles. The number of para-hydroxylation sites is 1. The van der Waals surface area contributed by atoms with Gasteiger partial charge in [-0.05, 0) is 50.2 Å². The molecule has 0 fully saturated rings. The summed E-state index contributed by atoms with van der Waals surface area (Å²) in [6.07, 6.45) is 1.42. The highest BCUT2D eigenvalue weighted by atomic mass is 32.2. The largest absolute Gasteiger partial charge is 0.507 e. The van der Waals surface area contributed by atoms with Crippen molar-refractivity contribution in [1.29, 1.82) is 0 Å². The minimum atomic E-state index is -0.340. The van der Waals surface area contributed by atoms with Crippen LogP contribution in [-0.4, -0.2) is 72.2 Å². The zero-order valence-electron chi connectivity index (χ0n) is 24.2. The molecule has 3 aromatic carbocycles. The number of carbonyl (C=O) groups is 1. The summed E-state index contributed by atoms with van der Waals surface area (Å²) in [7, 11) is 4.64. The number of ether oxygens (including phenoxy) is 3. The SMILES string of the molecule is CCN(CC)c1ccc(C=NNC(=O)CSc2nnc(-c3cc(OC)c(OC)c(OC)c3)n2-c2ccccc2)c(O)c1. The molecule has 42 heavy (non-hydrogen) atoms. The Kier molecular flexibility index (Phi) is 10.3. The number of phenolic OH excluding ortho intramolecular Hbond substituents is 1. The van der Waals surface area contributed by atoms with Gasteiger partial charge < -0.3 is 24.2 Å². The summed E-state index contributed by atoms with van der Waals surface area (Å²) < 4.78 is 18.4. The Bertz CT molecular complexity index is 1510. The minimum absolute atomic E-state index is 0.0322. The molecule has 4 aromatic rings. The van der Waals surface area contributed by atoms with Crippen molar-refractivity contribution in [3.63, 3.8) is 0 Å². The maximum Gasteiger partial charge on any atom is 0.250 e. The molecule has 0 aliphatic rings. The summed E-state index contributed by atoms with van der Waals surface area (Å²) in [5.41, 5.74) is 5.43. The van der Waals surface area contributed by atoms with E-state index in [4.69, 9.17) is 14.2 Å². The third-order valence-corrected chi connectivity index (χ3v) is 7.37. The number of nitrogens with zero attached hydrogens (tertiary/aromatic N) is 5. The van der Waals surface area contributed by atoms with Gasteiger partial charge in [-0.25, -0.2) is 5.43 Å². The number of aromatic hydroxyl groups is 1. The Labute approximate surface area is 249 Å². The maximum absolute atomic E-state index is 12.7. The van der Waals surface area contributed by atoms with Crippen LogP contribution in [0.1, 0.15) is 19.4 Å². The molecule has 0 spiro atoms. The van der Waals surface area contributed by atoms with E-state index in [1.54, 1.807) is 45.6 Å². The Balaban J connectivity index is 1.53. The lowest BCUT2D eigenvalue weighted by atomic mass is 10.1. The normalized spacial score (nSPS) is 11.0. The molecule has 0 aliphatic carbocycles. The van der Waals surface area contributed by atoms with E-state index in [-0.39, 0.29) is 17.4 Å². The van der Waals surface area contributed by atoms with E-state index in [0.29, 0.717) is 39.4 Å². The predicted octanol–water partition coefficient (Wildman–Crippen LogP) is 4.75. The van der Waals surface area contributed by atoms with Crippen LogP contribution in [0.25, 0.3) is 17.1 Å². The van der Waals surface area contributed by atoms with Crippen LogP contribution in [0.4, 0.5) is 5.69 Å². The van der Waals surface area contributed by atoms with E-state index in [1.807, 2.05) is 41.0 Å². The summed E-state index contributed by atoms with van der Waals surface area (Å²) in [6, 6.07) is 18.6. The second-order valence-electron chi connectivity index (χ2n) is 8.89. The van der Waals surface area contributed by atoms with Crippen molar-refractivity contribution in [3.8, 4) is 40.1 Å². The number of hydrazone groups is 1. The van der Waals surface area contributed by atoms with Crippen LogP contribution in [0, 0.1) is 0 Å². The number of hydrogen-bond donors (Lipinski definition) is 2. The van der Waals surface area contributed by atoms with Gasteiger partial charge in [-0.1, -0.05) is 30.0 Å². The first-order valence-electron chi connectivity index (χ1n) is 13.3. The lowest BCUT2D eigenvalue weighted by Gasteiger charge is -2.21. The highest BCUT2D eigenvalue weighted by Gasteiger charge is 2.21. The van der Waals surface area contributed by atoms with E-state index in [1.165, 1.54) is 18.0 Å². The van der Waals surface area contributed by atoms with Crippen LogP contribution in [0.15, 0.2) is 70.9 Å². The van der Waals surface area contributed by atoms with Gasteiger partial charge in [-0.2, -0.15) is 5.10 Å². The zero-order valence-corrected chi connectivity index (χ0v) is 25.0. The molecule has 0 aliphatic heterocycles. The van der Waals surface area contributed by atoms with E-state index in [9.17, 15) is 9.90 Å². The third kappa shape index (κ3) is 6.77. The van der Waals surface area contributed by atoms with Gasteiger partial charge in [-0.3, -0.25) is 9.36 Å². The number of phenols is 1. The summed E-state index contributed by atoms with van der Waals surface area (Å²) in [5.74, 6) is 1.74. The number of nitrogens with one attached hydrogen (secondary N) is 1. The van der Waals surface area contributed by atoms with Crippen molar-refractivity contribution in [3.05, 3.63) is 66.2 Å². The molecule has 0 unspecified atom stereocenters. The number of anilines is 1. The topological polar surface area (TPSA) is 123 Å². The Hall–Kier alpha value is -4.71. The molecule has 0 bridgehead atoms. The number of carbonyl (C=O) groups excluding carboxylic acids is 1. The number of amides is 1. The minimum Gasteiger partial charge on any atom is -0.507 e. The Morgan fingerprint density at radius 2 is 1.69 bits per heavy atom. The molecule has 1 aromatic heterocycles. The molecule has 0 saturated carbocycles. The fourth-order valence-electron chi connectivity index (χ4n) is 4.33. The number of methoxy groups -OCH3 is 3. The molecule has 220 valence electrons. The van der Waals surface area contributed by atoms with Crippen LogP contribution in [-0.2, 0) is 4.79 Å². The fraction of sp³-hybridized carbons (Fsp3) is 0.267. The lowest BCUT2D eigenvalue weighted by molar-refractivity contribution is -0.118. The van der Waals surface area contributed by atoms with Crippen molar-refractivity contribution in [1.82, 2.24) is 20.2 Å². The number of aromatic nitrogens is 3. The van der Waals surface area contributed by atoms with Gasteiger partial charge >= 0.3 is 0 Å². The molecule has 0 saturated heterocycles. The van der Waals surface area contributed by atoms with Gasteiger partial charge in [-0.15, -0.1) is 10.2 Å². The van der Waals surface area contributed by atoms with Gasteiger partial charge in [0.25, 0.3) is 5.91 Å². The lowest BCUT2D eigenvalue weighted by Crippen LogP contribution is -2.21. The van der Waals surface area contributed by atoms with Crippen molar-refractivity contribution >= 4 is 29.6 Å².